The Bertz CT molecular complexity index is 532. The zero-order chi connectivity index (χ0) is 18.2. The highest BCUT2D eigenvalue weighted by molar-refractivity contribution is 5.94. The standard InChI is InChI=1S/C11H14F2O7/c1-4(14)7(17)8-9(18,5(2)15)11(12,13)10(19,20-8)6(3)16/h7-8,17-19H,1-3H3/t7?,8-,9-,10?/m1/s1/i1D,2D,3D. The van der Waals surface area contributed by atoms with Crippen molar-refractivity contribution < 1.29 is 47.3 Å². The van der Waals surface area contributed by atoms with Crippen molar-refractivity contribution in [3.63, 3.8) is 0 Å². The Morgan fingerprint density at radius 1 is 1.20 bits per heavy atom. The van der Waals surface area contributed by atoms with E-state index in [4.69, 9.17) is 4.11 Å². The molecule has 0 aromatic carbocycles. The van der Waals surface area contributed by atoms with Gasteiger partial charge >= 0.3 is 5.92 Å². The number of hydrogen-bond acceptors (Lipinski definition) is 7. The second-order valence-corrected chi connectivity index (χ2v) is 4.28. The van der Waals surface area contributed by atoms with Gasteiger partial charge in [0, 0.05) is 11.0 Å². The lowest BCUT2D eigenvalue weighted by molar-refractivity contribution is -0.274. The molecular formula is C11H14F2O7. The Morgan fingerprint density at radius 2 is 1.75 bits per heavy atom. The van der Waals surface area contributed by atoms with Crippen LogP contribution in [0.2, 0.25) is 0 Å². The first kappa shape index (κ1) is 12.5. The highest BCUT2D eigenvalue weighted by atomic mass is 19.3. The van der Waals surface area contributed by atoms with Gasteiger partial charge in [0.05, 0.1) is 0 Å². The molecule has 7 nitrogen and oxygen atoms in total. The molecule has 1 aliphatic rings. The van der Waals surface area contributed by atoms with E-state index in [0.29, 0.717) is 0 Å². The molecule has 0 spiro atoms. The van der Waals surface area contributed by atoms with Crippen LogP contribution in [-0.4, -0.2) is 62.2 Å². The van der Waals surface area contributed by atoms with Gasteiger partial charge in [-0.2, -0.15) is 8.78 Å². The van der Waals surface area contributed by atoms with Crippen molar-refractivity contribution in [3.05, 3.63) is 0 Å². The van der Waals surface area contributed by atoms with Crippen molar-refractivity contribution in [2.24, 2.45) is 0 Å². The van der Waals surface area contributed by atoms with Crippen LogP contribution in [0.15, 0.2) is 0 Å². The number of aliphatic hydroxyl groups excluding tert-OH is 1. The van der Waals surface area contributed by atoms with Crippen LogP contribution in [0.25, 0.3) is 0 Å². The molecule has 1 saturated heterocycles. The largest absolute Gasteiger partial charge is 0.382 e. The molecule has 1 aliphatic heterocycles. The van der Waals surface area contributed by atoms with E-state index in [1.807, 2.05) is 0 Å². The quantitative estimate of drug-likeness (QED) is 0.581. The highest BCUT2D eigenvalue weighted by Gasteiger charge is 2.81. The number of ketones is 3. The van der Waals surface area contributed by atoms with Gasteiger partial charge in [-0.05, 0) is 13.8 Å². The number of aliphatic hydroxyl groups is 3. The summed E-state index contributed by atoms with van der Waals surface area (Å²) in [6.07, 6.45) is -5.42. The van der Waals surface area contributed by atoms with Crippen molar-refractivity contribution >= 4 is 17.3 Å². The lowest BCUT2D eigenvalue weighted by atomic mass is 9.81. The van der Waals surface area contributed by atoms with E-state index in [2.05, 4.69) is 4.74 Å². The second kappa shape index (κ2) is 4.62. The van der Waals surface area contributed by atoms with Crippen LogP contribution in [0.3, 0.4) is 0 Å². The smallest absolute Gasteiger partial charge is 0.345 e. The Kier molecular flexibility index (Phi) is 2.88. The fourth-order valence-electron chi connectivity index (χ4n) is 1.82. The maximum Gasteiger partial charge on any atom is 0.345 e. The number of ether oxygens (including phenoxy) is 1. The first-order chi connectivity index (χ1) is 10.4. The van der Waals surface area contributed by atoms with Crippen molar-refractivity contribution in [1.82, 2.24) is 0 Å². The van der Waals surface area contributed by atoms with E-state index < -0.39 is 67.6 Å². The molecule has 1 rings (SSSR count). The average Bonchev–Trinajstić information content (AvgIpc) is 2.70. The highest BCUT2D eigenvalue weighted by Crippen LogP contribution is 2.51. The normalized spacial score (nSPS) is 39.5. The van der Waals surface area contributed by atoms with Crippen LogP contribution in [-0.2, 0) is 19.1 Å². The molecule has 1 fully saturated rings. The zero-order valence-corrected chi connectivity index (χ0v) is 10.0. The Labute approximate surface area is 116 Å². The van der Waals surface area contributed by atoms with Gasteiger partial charge in [0.2, 0.25) is 5.60 Å². The van der Waals surface area contributed by atoms with Gasteiger partial charge in [0.1, 0.15) is 12.2 Å². The van der Waals surface area contributed by atoms with Crippen LogP contribution >= 0.6 is 0 Å². The molecule has 1 heterocycles. The maximum atomic E-state index is 14.4. The molecule has 4 atom stereocenters. The van der Waals surface area contributed by atoms with Crippen molar-refractivity contribution in [2.75, 3.05) is 0 Å². The number of carbonyl (C=O) groups is 3. The van der Waals surface area contributed by atoms with Crippen LogP contribution in [0.1, 0.15) is 24.8 Å². The number of Topliss-reactive ketones (excluding diaryl/α,β-unsaturated/α-hetero) is 3. The Morgan fingerprint density at radius 3 is 2.20 bits per heavy atom. The number of rotatable bonds is 4. The number of carbonyl (C=O) groups excluding carboxylic acids is 3. The lowest BCUT2D eigenvalue weighted by Crippen LogP contribution is -2.65. The Hall–Kier alpha value is -1.29. The first-order valence-corrected chi connectivity index (χ1v) is 5.11. The summed E-state index contributed by atoms with van der Waals surface area (Å²) in [4.78, 5) is 34.4. The number of hydrogen-bond donors (Lipinski definition) is 3. The molecular weight excluding hydrogens is 282 g/mol. The minimum atomic E-state index is -5.04. The molecule has 20 heavy (non-hydrogen) atoms. The summed E-state index contributed by atoms with van der Waals surface area (Å²) in [5.41, 5.74) is -4.06. The number of alkyl halides is 2. The summed E-state index contributed by atoms with van der Waals surface area (Å²) in [5, 5.41) is 29.5. The third kappa shape index (κ3) is 1.81. The van der Waals surface area contributed by atoms with Gasteiger partial charge in [0.25, 0.3) is 5.79 Å². The molecule has 0 aliphatic carbocycles. The van der Waals surface area contributed by atoms with E-state index in [1.54, 1.807) is 0 Å². The summed E-state index contributed by atoms with van der Waals surface area (Å²) in [6, 6.07) is 0. The monoisotopic (exact) mass is 299 g/mol. The summed E-state index contributed by atoms with van der Waals surface area (Å²) in [5.74, 6) is -14.4. The molecule has 2 unspecified atom stereocenters. The fraction of sp³-hybridized carbons (Fsp3) is 0.727. The maximum absolute atomic E-state index is 14.4. The zero-order valence-electron chi connectivity index (χ0n) is 13.0. The van der Waals surface area contributed by atoms with Gasteiger partial charge in [-0.25, -0.2) is 0 Å². The van der Waals surface area contributed by atoms with Crippen molar-refractivity contribution in [3.8, 4) is 0 Å². The topological polar surface area (TPSA) is 121 Å². The van der Waals surface area contributed by atoms with Gasteiger partial charge in [-0.1, -0.05) is 0 Å². The SMILES string of the molecule is [2H]CC(=O)C(O)[C@H]1OC(O)(C(=O)C[2H])C(F)(F)[C@@]1(O)C(=O)C[2H]. The van der Waals surface area contributed by atoms with E-state index in [-0.39, 0.29) is 0 Å². The van der Waals surface area contributed by atoms with E-state index in [1.165, 1.54) is 0 Å². The summed E-state index contributed by atoms with van der Waals surface area (Å²) >= 11 is 0. The summed E-state index contributed by atoms with van der Waals surface area (Å²) in [6.45, 7) is -3.96. The molecule has 3 N–H and O–H groups in total. The fourth-order valence-corrected chi connectivity index (χ4v) is 1.82. The lowest BCUT2D eigenvalue weighted by Gasteiger charge is -2.32. The number of halogens is 2. The van der Waals surface area contributed by atoms with E-state index in [9.17, 15) is 38.5 Å². The molecule has 0 bridgehead atoms. The van der Waals surface area contributed by atoms with Crippen molar-refractivity contribution in [2.45, 2.75) is 50.2 Å². The minimum absolute atomic E-state index is 1.12. The predicted octanol–water partition coefficient (Wildman–Crippen LogP) is -1.43. The third-order valence-electron chi connectivity index (χ3n) is 3.03. The first-order valence-electron chi connectivity index (χ1n) is 7.23. The summed E-state index contributed by atoms with van der Waals surface area (Å²) in [7, 11) is 0. The van der Waals surface area contributed by atoms with Crippen LogP contribution in [0.5, 0.6) is 0 Å². The van der Waals surface area contributed by atoms with Crippen LogP contribution < -0.4 is 0 Å². The van der Waals surface area contributed by atoms with E-state index in [0.717, 1.165) is 0 Å². The third-order valence-corrected chi connectivity index (χ3v) is 3.03. The minimum Gasteiger partial charge on any atom is -0.382 e. The van der Waals surface area contributed by atoms with Gasteiger partial charge in [-0.15, -0.1) is 0 Å². The predicted molar refractivity (Wildman–Crippen MR) is 57.8 cm³/mol. The second-order valence-electron chi connectivity index (χ2n) is 4.28. The van der Waals surface area contributed by atoms with E-state index >= 15 is 0 Å². The molecule has 0 amide bonds. The van der Waals surface area contributed by atoms with Gasteiger partial charge in [-0.3, -0.25) is 14.4 Å². The van der Waals surface area contributed by atoms with Crippen molar-refractivity contribution in [1.29, 1.82) is 0 Å². The van der Waals surface area contributed by atoms with Crippen LogP contribution in [0.4, 0.5) is 8.78 Å². The van der Waals surface area contributed by atoms with Gasteiger partial charge < -0.3 is 20.1 Å². The van der Waals surface area contributed by atoms with Crippen LogP contribution in [0, 0.1) is 0 Å². The molecule has 114 valence electrons. The molecule has 0 aromatic heterocycles. The summed E-state index contributed by atoms with van der Waals surface area (Å²) < 4.78 is 53.4. The van der Waals surface area contributed by atoms with Gasteiger partial charge in [0.15, 0.2) is 17.3 Å². The molecule has 0 saturated carbocycles. The molecule has 9 heteroatoms. The Balaban J connectivity index is 3.54. The molecule has 0 aromatic rings. The molecule has 0 radical (unpaired) electrons. The average molecular weight is 299 g/mol.